The van der Waals surface area contributed by atoms with Gasteiger partial charge in [0, 0.05) is 23.9 Å². The van der Waals surface area contributed by atoms with E-state index in [1.807, 2.05) is 6.07 Å². The maximum Gasteiger partial charge on any atom is 0.220 e. The topological polar surface area (TPSA) is 44.7 Å². The first-order valence-corrected chi connectivity index (χ1v) is 13.9. The van der Waals surface area contributed by atoms with Crippen LogP contribution in [-0.4, -0.2) is 49.0 Å². The molecule has 1 amide bonds. The Hall–Kier alpha value is -1.59. The number of likely N-dealkylation sites (N-methyl/N-ethyl adjacent to an activating group) is 1. The van der Waals surface area contributed by atoms with Crippen molar-refractivity contribution in [3.63, 3.8) is 0 Å². The molecule has 0 spiro atoms. The van der Waals surface area contributed by atoms with Crippen LogP contribution in [0.25, 0.3) is 0 Å². The number of amides is 1. The lowest BCUT2D eigenvalue weighted by atomic mass is 9.81. The van der Waals surface area contributed by atoms with E-state index in [2.05, 4.69) is 61.4 Å². The van der Waals surface area contributed by atoms with Crippen LogP contribution in [0.3, 0.4) is 0 Å². The number of nitrogens with zero attached hydrogens (tertiary/aromatic N) is 2. The van der Waals surface area contributed by atoms with Gasteiger partial charge < -0.3 is 5.32 Å². The monoisotopic (exact) mass is 471 g/mol. The summed E-state index contributed by atoms with van der Waals surface area (Å²) in [5.74, 6) is 1.68. The molecule has 1 aliphatic rings. The largest absolute Gasteiger partial charge is 0.353 e. The lowest BCUT2D eigenvalue weighted by Gasteiger charge is -2.32. The minimum absolute atomic E-state index is 0.186. The average Bonchev–Trinajstić information content (AvgIpc) is 2.85. The first kappa shape index (κ1) is 27.7. The van der Waals surface area contributed by atoms with E-state index in [9.17, 15) is 4.79 Å². The number of aryl methyl sites for hydroxylation is 1. The van der Waals surface area contributed by atoms with Gasteiger partial charge in [-0.2, -0.15) is 0 Å². The Bertz CT molecular complexity index is 754. The van der Waals surface area contributed by atoms with E-state index in [4.69, 9.17) is 0 Å². The number of thioether (sulfide) groups is 1. The zero-order valence-corrected chi connectivity index (χ0v) is 22.0. The Morgan fingerprint density at radius 2 is 1.94 bits per heavy atom. The summed E-state index contributed by atoms with van der Waals surface area (Å²) in [7, 11) is 0. The number of nitrogens with one attached hydrogen (secondary N) is 1. The predicted molar refractivity (Wildman–Crippen MR) is 145 cm³/mol. The molecule has 0 aliphatic heterocycles. The van der Waals surface area contributed by atoms with Crippen molar-refractivity contribution in [2.24, 2.45) is 10.9 Å². The summed E-state index contributed by atoms with van der Waals surface area (Å²) in [4.78, 5) is 20.6. The number of carbonyl (C=O) groups excluding carboxylic acids is 1. The second-order valence-electron chi connectivity index (χ2n) is 9.25. The smallest absolute Gasteiger partial charge is 0.220 e. The standard InChI is InChI=1S/C28H45N3OS/c1-6-23-16-17-25(29-5)27(20-23)33-18-12-15-28(32)30-26(24-13-10-9-11-14-24)19-22(4)21-31(7-2)8-3/h16-17,20,24,26H,4-15,18-19,21H2,1-3H3,(H,30,32). The maximum atomic E-state index is 12.9. The quantitative estimate of drug-likeness (QED) is 0.132. The molecule has 0 radical (unpaired) electrons. The molecule has 1 atom stereocenters. The van der Waals surface area contributed by atoms with Gasteiger partial charge in [-0.15, -0.1) is 11.8 Å². The highest BCUT2D eigenvalue weighted by Crippen LogP contribution is 2.32. The molecule has 0 heterocycles. The average molecular weight is 472 g/mol. The number of rotatable bonds is 15. The van der Waals surface area contributed by atoms with E-state index < -0.39 is 0 Å². The van der Waals surface area contributed by atoms with Gasteiger partial charge in [-0.3, -0.25) is 14.7 Å². The number of carbonyl (C=O) groups is 1. The van der Waals surface area contributed by atoms with Crippen LogP contribution in [0.2, 0.25) is 0 Å². The molecule has 2 rings (SSSR count). The van der Waals surface area contributed by atoms with Crippen LogP contribution in [-0.2, 0) is 11.2 Å². The Balaban J connectivity index is 1.86. The second kappa shape index (κ2) is 15.3. The third-order valence-corrected chi connectivity index (χ3v) is 7.95. The lowest BCUT2D eigenvalue weighted by Crippen LogP contribution is -2.42. The van der Waals surface area contributed by atoms with Crippen LogP contribution >= 0.6 is 11.8 Å². The molecule has 0 bridgehead atoms. The van der Waals surface area contributed by atoms with Crippen molar-refractivity contribution in [1.29, 1.82) is 0 Å². The van der Waals surface area contributed by atoms with E-state index in [-0.39, 0.29) is 11.9 Å². The van der Waals surface area contributed by atoms with Crippen LogP contribution < -0.4 is 5.32 Å². The molecule has 0 aromatic heterocycles. The van der Waals surface area contributed by atoms with Gasteiger partial charge in [-0.25, -0.2) is 0 Å². The summed E-state index contributed by atoms with van der Waals surface area (Å²) in [6, 6.07) is 6.59. The molecule has 1 saturated carbocycles. The first-order chi connectivity index (χ1) is 16.0. The third-order valence-electron chi connectivity index (χ3n) is 6.82. The van der Waals surface area contributed by atoms with E-state index in [1.54, 1.807) is 11.8 Å². The highest BCUT2D eigenvalue weighted by Gasteiger charge is 2.25. The lowest BCUT2D eigenvalue weighted by molar-refractivity contribution is -0.122. The summed E-state index contributed by atoms with van der Waals surface area (Å²) in [5.41, 5.74) is 3.49. The molecule has 1 aliphatic carbocycles. The molecule has 1 aromatic rings. The molecule has 184 valence electrons. The zero-order chi connectivity index (χ0) is 24.1. The number of hydrogen-bond acceptors (Lipinski definition) is 4. The van der Waals surface area contributed by atoms with Crippen molar-refractivity contribution in [3.8, 4) is 0 Å². The fraction of sp³-hybridized carbons (Fsp3) is 0.643. The van der Waals surface area contributed by atoms with Crippen molar-refractivity contribution in [2.75, 3.05) is 25.4 Å². The number of benzene rings is 1. The summed E-state index contributed by atoms with van der Waals surface area (Å²) in [5, 5.41) is 3.41. The Labute approximate surface area is 206 Å². The molecule has 1 aromatic carbocycles. The van der Waals surface area contributed by atoms with Crippen molar-refractivity contribution in [2.45, 2.75) is 89.5 Å². The normalized spacial score (nSPS) is 15.4. The van der Waals surface area contributed by atoms with E-state index in [0.717, 1.165) is 55.2 Å². The Morgan fingerprint density at radius 3 is 2.58 bits per heavy atom. The molecule has 5 heteroatoms. The number of hydrogen-bond donors (Lipinski definition) is 1. The van der Waals surface area contributed by atoms with Crippen LogP contribution in [0.4, 0.5) is 5.69 Å². The molecule has 4 nitrogen and oxygen atoms in total. The highest BCUT2D eigenvalue weighted by molar-refractivity contribution is 7.99. The summed E-state index contributed by atoms with van der Waals surface area (Å²) >= 11 is 1.78. The molecule has 33 heavy (non-hydrogen) atoms. The molecular weight excluding hydrogens is 426 g/mol. The first-order valence-electron chi connectivity index (χ1n) is 12.9. The Morgan fingerprint density at radius 1 is 1.21 bits per heavy atom. The van der Waals surface area contributed by atoms with Crippen LogP contribution in [0.5, 0.6) is 0 Å². The van der Waals surface area contributed by atoms with E-state index >= 15 is 0 Å². The van der Waals surface area contributed by atoms with Crippen LogP contribution in [0.1, 0.15) is 77.7 Å². The van der Waals surface area contributed by atoms with Crippen LogP contribution in [0, 0.1) is 5.92 Å². The van der Waals surface area contributed by atoms with Gasteiger partial charge in [-0.1, -0.05) is 58.3 Å². The van der Waals surface area contributed by atoms with Crippen molar-refractivity contribution in [1.82, 2.24) is 10.2 Å². The maximum absolute atomic E-state index is 12.9. The number of aliphatic imine (C=N–C) groups is 1. The predicted octanol–water partition coefficient (Wildman–Crippen LogP) is 6.81. The summed E-state index contributed by atoms with van der Waals surface area (Å²) < 4.78 is 0. The highest BCUT2D eigenvalue weighted by atomic mass is 32.2. The molecule has 1 unspecified atom stereocenters. The van der Waals surface area contributed by atoms with Gasteiger partial charge in [0.1, 0.15) is 0 Å². The van der Waals surface area contributed by atoms with Crippen molar-refractivity contribution in [3.05, 3.63) is 35.9 Å². The van der Waals surface area contributed by atoms with E-state index in [0.29, 0.717) is 12.3 Å². The van der Waals surface area contributed by atoms with Gasteiger partial charge in [0.25, 0.3) is 0 Å². The molecule has 0 saturated heterocycles. The minimum atomic E-state index is 0.186. The summed E-state index contributed by atoms with van der Waals surface area (Å²) in [6.45, 7) is 17.6. The minimum Gasteiger partial charge on any atom is -0.353 e. The van der Waals surface area contributed by atoms with Gasteiger partial charge in [0.2, 0.25) is 5.91 Å². The van der Waals surface area contributed by atoms with Crippen molar-refractivity contribution < 1.29 is 4.79 Å². The van der Waals surface area contributed by atoms with Crippen molar-refractivity contribution >= 4 is 30.1 Å². The molecule has 1 fully saturated rings. The van der Waals surface area contributed by atoms with Gasteiger partial charge in [-0.05, 0) is 81.3 Å². The SMILES string of the molecule is C=Nc1ccc(CC)cc1SCCCC(=O)NC(CC(=C)CN(CC)CC)C1CCCCC1. The third kappa shape index (κ3) is 9.66. The van der Waals surface area contributed by atoms with E-state index in [1.165, 1.54) is 43.2 Å². The fourth-order valence-electron chi connectivity index (χ4n) is 4.73. The van der Waals surface area contributed by atoms with Gasteiger partial charge >= 0.3 is 0 Å². The second-order valence-corrected chi connectivity index (χ2v) is 10.4. The molecule has 1 N–H and O–H groups in total. The Kier molecular flexibility index (Phi) is 12.9. The van der Waals surface area contributed by atoms with Gasteiger partial charge in [0.05, 0.1) is 5.69 Å². The zero-order valence-electron chi connectivity index (χ0n) is 21.2. The van der Waals surface area contributed by atoms with Crippen LogP contribution in [0.15, 0.2) is 40.2 Å². The summed E-state index contributed by atoms with van der Waals surface area (Å²) in [6.07, 6.45) is 9.70. The molecular formula is C28H45N3OS. The fourth-order valence-corrected chi connectivity index (χ4v) is 5.75. The van der Waals surface area contributed by atoms with Gasteiger partial charge in [0.15, 0.2) is 0 Å².